The summed E-state index contributed by atoms with van der Waals surface area (Å²) in [6.45, 7) is 4.23. The Morgan fingerprint density at radius 1 is 1.10 bits per heavy atom. The molecule has 0 aliphatic rings. The van der Waals surface area contributed by atoms with E-state index in [-0.39, 0.29) is 18.1 Å². The van der Waals surface area contributed by atoms with Gasteiger partial charge >= 0.3 is 0 Å². The maximum Gasteiger partial charge on any atom is 0.221 e. The Balaban J connectivity index is 1.68. The lowest BCUT2D eigenvalue weighted by molar-refractivity contribution is 0.215. The zero-order valence-electron chi connectivity index (χ0n) is 16.0. The Hall–Kier alpha value is -3.46. The van der Waals surface area contributed by atoms with Crippen LogP contribution < -0.4 is 5.73 Å². The van der Waals surface area contributed by atoms with E-state index < -0.39 is 11.2 Å². The van der Waals surface area contributed by atoms with Crippen molar-refractivity contribution in [3.63, 3.8) is 0 Å². The van der Waals surface area contributed by atoms with E-state index >= 15 is 0 Å². The van der Waals surface area contributed by atoms with Crippen LogP contribution in [0.5, 0.6) is 0 Å². The van der Waals surface area contributed by atoms with E-state index in [0.717, 1.165) is 11.4 Å². The van der Waals surface area contributed by atoms with Gasteiger partial charge < -0.3 is 10.8 Å². The van der Waals surface area contributed by atoms with Crippen molar-refractivity contribution in [2.75, 3.05) is 12.3 Å². The van der Waals surface area contributed by atoms with Gasteiger partial charge in [0.05, 0.1) is 25.0 Å². The summed E-state index contributed by atoms with van der Waals surface area (Å²) >= 11 is 0. The number of hydrogen-bond acceptors (Lipinski definition) is 7. The normalized spacial score (nSPS) is 11.9. The lowest BCUT2D eigenvalue weighted by atomic mass is 9.90. The van der Waals surface area contributed by atoms with E-state index in [0.29, 0.717) is 23.3 Å². The minimum absolute atomic E-state index is 0.00427. The molecule has 3 aromatic heterocycles. The lowest BCUT2D eigenvalue weighted by Crippen LogP contribution is -2.24. The number of nitrogens with zero attached hydrogens (tertiary/aromatic N) is 6. The van der Waals surface area contributed by atoms with Crippen LogP contribution in [0.3, 0.4) is 0 Å². The van der Waals surface area contributed by atoms with E-state index in [9.17, 15) is 9.50 Å². The molecule has 0 aliphatic heterocycles. The Morgan fingerprint density at radius 3 is 2.69 bits per heavy atom. The van der Waals surface area contributed by atoms with Crippen molar-refractivity contribution < 1.29 is 9.50 Å². The summed E-state index contributed by atoms with van der Waals surface area (Å²) in [6.07, 6.45) is 1.71. The van der Waals surface area contributed by atoms with Crippen LogP contribution in [-0.2, 0) is 12.0 Å². The summed E-state index contributed by atoms with van der Waals surface area (Å²) in [5.41, 5.74) is 7.91. The van der Waals surface area contributed by atoms with Crippen LogP contribution in [0.4, 0.5) is 10.3 Å². The highest BCUT2D eigenvalue weighted by Gasteiger charge is 2.21. The van der Waals surface area contributed by atoms with Crippen LogP contribution >= 0.6 is 0 Å². The zero-order valence-corrected chi connectivity index (χ0v) is 16.0. The topological polar surface area (TPSA) is 116 Å². The molecule has 29 heavy (non-hydrogen) atoms. The fourth-order valence-corrected chi connectivity index (χ4v) is 3.01. The molecule has 0 saturated heterocycles. The molecule has 0 radical (unpaired) electrons. The maximum atomic E-state index is 14.1. The van der Waals surface area contributed by atoms with Gasteiger partial charge in [-0.15, -0.1) is 5.10 Å². The molecule has 1 aromatic carbocycles. The Labute approximate surface area is 166 Å². The van der Waals surface area contributed by atoms with Crippen LogP contribution in [0.25, 0.3) is 22.3 Å². The van der Waals surface area contributed by atoms with E-state index in [2.05, 4.69) is 25.3 Å². The second-order valence-corrected chi connectivity index (χ2v) is 7.42. The molecule has 4 aromatic rings. The second-order valence-electron chi connectivity index (χ2n) is 7.42. The number of anilines is 1. The van der Waals surface area contributed by atoms with Crippen LogP contribution in [0.2, 0.25) is 0 Å². The van der Waals surface area contributed by atoms with E-state index in [1.54, 1.807) is 23.0 Å². The highest BCUT2D eigenvalue weighted by molar-refractivity contribution is 5.92. The van der Waals surface area contributed by atoms with Crippen molar-refractivity contribution in [3.05, 3.63) is 59.8 Å². The van der Waals surface area contributed by atoms with Crippen molar-refractivity contribution in [1.29, 1.82) is 0 Å². The predicted octanol–water partition coefficient (Wildman–Crippen LogP) is 2.32. The van der Waals surface area contributed by atoms with Crippen molar-refractivity contribution in [3.8, 4) is 11.4 Å². The van der Waals surface area contributed by atoms with E-state index in [1.807, 2.05) is 32.0 Å². The van der Waals surface area contributed by atoms with Gasteiger partial charge in [-0.25, -0.2) is 19.0 Å². The molecular formula is C20H20FN7O. The SMILES string of the molecule is CC(C)(CO)c1cccc(Cn2cc(-c3nc(N)nc4c(F)cccc34)nn2)n1. The molecule has 0 unspecified atom stereocenters. The molecule has 4 rings (SSSR count). The molecule has 8 nitrogen and oxygen atoms in total. The first-order valence-corrected chi connectivity index (χ1v) is 9.07. The van der Waals surface area contributed by atoms with Gasteiger partial charge in [0.15, 0.2) is 0 Å². The average molecular weight is 393 g/mol. The third-order valence-corrected chi connectivity index (χ3v) is 4.70. The summed E-state index contributed by atoms with van der Waals surface area (Å²) in [4.78, 5) is 12.8. The number of benzene rings is 1. The van der Waals surface area contributed by atoms with E-state index in [4.69, 9.17) is 5.73 Å². The van der Waals surface area contributed by atoms with Crippen LogP contribution in [0.15, 0.2) is 42.6 Å². The molecule has 3 N–H and O–H groups in total. The number of aliphatic hydroxyl groups is 1. The summed E-state index contributed by atoms with van der Waals surface area (Å²) in [5, 5.41) is 18.4. The summed E-state index contributed by atoms with van der Waals surface area (Å²) in [7, 11) is 0. The summed E-state index contributed by atoms with van der Waals surface area (Å²) in [5.74, 6) is -0.509. The monoisotopic (exact) mass is 393 g/mol. The van der Waals surface area contributed by atoms with Gasteiger partial charge in [-0.3, -0.25) is 4.98 Å². The highest BCUT2D eigenvalue weighted by atomic mass is 19.1. The second kappa shape index (κ2) is 7.17. The standard InChI is InChI=1S/C20H20FN7O/c1-20(2,11-29)16-8-3-5-12(23-16)9-28-10-15(26-27-28)18-13-6-4-7-14(21)17(13)24-19(22)25-18/h3-8,10,29H,9,11H2,1-2H3,(H2,22,24,25). The number of fused-ring (bicyclic) bond motifs is 1. The van der Waals surface area contributed by atoms with E-state index in [1.165, 1.54) is 6.07 Å². The quantitative estimate of drug-likeness (QED) is 0.534. The minimum Gasteiger partial charge on any atom is -0.395 e. The fraction of sp³-hybridized carbons (Fsp3) is 0.250. The molecule has 0 aliphatic carbocycles. The van der Waals surface area contributed by atoms with Crippen molar-refractivity contribution >= 4 is 16.9 Å². The molecule has 148 valence electrons. The third-order valence-electron chi connectivity index (χ3n) is 4.70. The molecule has 0 saturated carbocycles. The molecule has 0 spiro atoms. The van der Waals surface area contributed by atoms with Crippen LogP contribution in [0, 0.1) is 5.82 Å². The third kappa shape index (κ3) is 3.64. The molecule has 0 bridgehead atoms. The van der Waals surface area contributed by atoms with Gasteiger partial charge in [-0.2, -0.15) is 0 Å². The zero-order chi connectivity index (χ0) is 20.6. The number of hydrogen-bond donors (Lipinski definition) is 2. The first kappa shape index (κ1) is 18.9. The van der Waals surface area contributed by atoms with Crippen molar-refractivity contribution in [2.45, 2.75) is 25.8 Å². The Bertz CT molecular complexity index is 1190. The number of pyridine rings is 1. The van der Waals surface area contributed by atoms with Crippen molar-refractivity contribution in [1.82, 2.24) is 29.9 Å². The number of nitrogen functional groups attached to an aromatic ring is 1. The number of para-hydroxylation sites is 1. The molecule has 0 fully saturated rings. The summed E-state index contributed by atoms with van der Waals surface area (Å²) in [6, 6.07) is 10.3. The first-order chi connectivity index (χ1) is 13.9. The molecule has 9 heteroatoms. The largest absolute Gasteiger partial charge is 0.395 e. The fourth-order valence-electron chi connectivity index (χ4n) is 3.01. The lowest BCUT2D eigenvalue weighted by Gasteiger charge is -2.21. The highest BCUT2D eigenvalue weighted by Crippen LogP contribution is 2.27. The summed E-state index contributed by atoms with van der Waals surface area (Å²) < 4.78 is 15.7. The van der Waals surface area contributed by atoms with Gasteiger partial charge in [0.1, 0.15) is 22.7 Å². The Kier molecular flexibility index (Phi) is 4.67. The Morgan fingerprint density at radius 2 is 1.90 bits per heavy atom. The number of rotatable bonds is 5. The number of aromatic nitrogens is 6. The van der Waals surface area contributed by atoms with Crippen LogP contribution in [0.1, 0.15) is 25.2 Å². The van der Waals surface area contributed by atoms with Gasteiger partial charge in [-0.1, -0.05) is 37.3 Å². The molecule has 0 amide bonds. The van der Waals surface area contributed by atoms with Crippen molar-refractivity contribution in [2.24, 2.45) is 0 Å². The maximum absolute atomic E-state index is 14.1. The number of halogens is 1. The smallest absolute Gasteiger partial charge is 0.221 e. The average Bonchev–Trinajstić information content (AvgIpc) is 3.16. The minimum atomic E-state index is -0.474. The van der Waals surface area contributed by atoms with Gasteiger partial charge in [0.25, 0.3) is 0 Å². The van der Waals surface area contributed by atoms with Crippen LogP contribution in [-0.4, -0.2) is 41.7 Å². The molecular weight excluding hydrogens is 373 g/mol. The van der Waals surface area contributed by atoms with Gasteiger partial charge in [0.2, 0.25) is 5.95 Å². The predicted molar refractivity (Wildman–Crippen MR) is 106 cm³/mol. The first-order valence-electron chi connectivity index (χ1n) is 9.07. The van der Waals surface area contributed by atoms with Gasteiger partial charge in [-0.05, 0) is 18.2 Å². The molecule has 0 atom stereocenters. The number of aliphatic hydroxyl groups excluding tert-OH is 1. The molecule has 3 heterocycles. The van der Waals surface area contributed by atoms with Gasteiger partial charge in [0, 0.05) is 16.5 Å². The number of nitrogens with two attached hydrogens (primary N) is 1.